The number of unbranched alkanes of at least 4 members (excludes halogenated alkanes) is 1. The quantitative estimate of drug-likeness (QED) is 0.378. The lowest BCUT2D eigenvalue weighted by Crippen LogP contribution is -1.73. The summed E-state index contributed by atoms with van der Waals surface area (Å²) in [6.45, 7) is 3.69. The van der Waals surface area contributed by atoms with E-state index in [1.165, 1.54) is 4.90 Å². The van der Waals surface area contributed by atoms with Crippen molar-refractivity contribution in [3.8, 4) is 0 Å². The van der Waals surface area contributed by atoms with E-state index in [2.05, 4.69) is 43.0 Å². The molecule has 0 aliphatic heterocycles. The lowest BCUT2D eigenvalue weighted by molar-refractivity contribution is 1.05. The van der Waals surface area contributed by atoms with Crippen LogP contribution >= 0.6 is 11.8 Å². The van der Waals surface area contributed by atoms with Crippen LogP contribution in [0.5, 0.6) is 0 Å². The smallest absolute Gasteiger partial charge is 0.0160 e. The van der Waals surface area contributed by atoms with Gasteiger partial charge >= 0.3 is 0 Å². The Bertz CT molecular complexity index is 275. The van der Waals surface area contributed by atoms with Gasteiger partial charge in [-0.1, -0.05) is 36.4 Å². The maximum absolute atomic E-state index is 3.69. The number of hydrogen-bond acceptors (Lipinski definition) is 1. The van der Waals surface area contributed by atoms with Crippen LogP contribution in [-0.2, 0) is 0 Å². The van der Waals surface area contributed by atoms with E-state index in [0.717, 1.165) is 18.6 Å². The van der Waals surface area contributed by atoms with Gasteiger partial charge in [-0.05, 0) is 25.0 Å². The van der Waals surface area contributed by atoms with E-state index in [1.807, 2.05) is 23.9 Å². The lowest BCUT2D eigenvalue weighted by Gasteiger charge is -1.95. The summed E-state index contributed by atoms with van der Waals surface area (Å²) in [5, 5.41) is 0. The average molecular weight is 204 g/mol. The molecule has 0 nitrogen and oxygen atoms in total. The fourth-order valence-electron chi connectivity index (χ4n) is 1.06. The molecule has 0 aliphatic rings. The van der Waals surface area contributed by atoms with Crippen molar-refractivity contribution in [1.29, 1.82) is 0 Å². The van der Waals surface area contributed by atoms with Crippen molar-refractivity contribution in [1.82, 2.24) is 0 Å². The van der Waals surface area contributed by atoms with Crippen LogP contribution in [0.15, 0.2) is 60.0 Å². The first-order valence-corrected chi connectivity index (χ1v) is 5.86. The molecule has 74 valence electrons. The van der Waals surface area contributed by atoms with Crippen molar-refractivity contribution in [2.45, 2.75) is 17.7 Å². The molecule has 14 heavy (non-hydrogen) atoms. The summed E-state index contributed by atoms with van der Waals surface area (Å²) in [5.41, 5.74) is 0. The summed E-state index contributed by atoms with van der Waals surface area (Å²) in [7, 11) is 0. The van der Waals surface area contributed by atoms with Gasteiger partial charge in [0.15, 0.2) is 0 Å². The first-order chi connectivity index (χ1) is 6.93. The molecule has 1 heteroatoms. The van der Waals surface area contributed by atoms with E-state index in [4.69, 9.17) is 0 Å². The minimum absolute atomic E-state index is 1.06. The minimum Gasteiger partial charge on any atom is -0.122 e. The third-order valence-corrected chi connectivity index (χ3v) is 2.76. The predicted molar refractivity (Wildman–Crippen MR) is 65.7 cm³/mol. The van der Waals surface area contributed by atoms with Crippen LogP contribution in [0.2, 0.25) is 0 Å². The van der Waals surface area contributed by atoms with Crippen molar-refractivity contribution < 1.29 is 0 Å². The van der Waals surface area contributed by atoms with Gasteiger partial charge in [0.05, 0.1) is 0 Å². The predicted octanol–water partition coefficient (Wildman–Crippen LogP) is 4.30. The molecule has 0 heterocycles. The fraction of sp³-hybridized carbons (Fsp3) is 0.231. The maximum atomic E-state index is 3.69. The number of allylic oxidation sites excluding steroid dienone is 2. The Morgan fingerprint density at radius 1 is 1.07 bits per heavy atom. The van der Waals surface area contributed by atoms with E-state index >= 15 is 0 Å². The molecule has 0 atom stereocenters. The van der Waals surface area contributed by atoms with Gasteiger partial charge in [0.1, 0.15) is 0 Å². The molecule has 0 radical (unpaired) electrons. The molecule has 0 amide bonds. The second-order valence-electron chi connectivity index (χ2n) is 2.96. The normalized spacial score (nSPS) is 10.6. The van der Waals surface area contributed by atoms with Crippen LogP contribution in [-0.4, -0.2) is 5.75 Å². The Labute approximate surface area is 90.7 Å². The number of thioether (sulfide) groups is 1. The summed E-state index contributed by atoms with van der Waals surface area (Å²) >= 11 is 1.87. The van der Waals surface area contributed by atoms with Crippen molar-refractivity contribution in [3.05, 3.63) is 55.1 Å². The molecule has 0 bridgehead atoms. The molecule has 1 aromatic carbocycles. The molecule has 0 aromatic heterocycles. The number of hydrogen-bond donors (Lipinski definition) is 0. The zero-order chi connectivity index (χ0) is 10.1. The molecule has 0 N–H and O–H groups in total. The SMILES string of the molecule is C=CCC/C=C/CSc1ccccc1. The topological polar surface area (TPSA) is 0 Å². The van der Waals surface area contributed by atoms with Gasteiger partial charge in [-0.2, -0.15) is 0 Å². The highest BCUT2D eigenvalue weighted by Gasteiger charge is 1.87. The van der Waals surface area contributed by atoms with Gasteiger partial charge in [-0.15, -0.1) is 18.3 Å². The van der Waals surface area contributed by atoms with Crippen LogP contribution in [0, 0.1) is 0 Å². The Hall–Kier alpha value is -0.950. The van der Waals surface area contributed by atoms with E-state index < -0.39 is 0 Å². The summed E-state index contributed by atoms with van der Waals surface area (Å²) < 4.78 is 0. The van der Waals surface area contributed by atoms with Gasteiger partial charge in [0.25, 0.3) is 0 Å². The van der Waals surface area contributed by atoms with Crippen molar-refractivity contribution in [3.63, 3.8) is 0 Å². The van der Waals surface area contributed by atoms with Crippen molar-refractivity contribution in [2.24, 2.45) is 0 Å². The van der Waals surface area contributed by atoms with Gasteiger partial charge in [-0.3, -0.25) is 0 Å². The Kier molecular flexibility index (Phi) is 5.92. The van der Waals surface area contributed by atoms with Crippen LogP contribution < -0.4 is 0 Å². The second kappa shape index (κ2) is 7.45. The Balaban J connectivity index is 2.15. The van der Waals surface area contributed by atoms with E-state index in [-0.39, 0.29) is 0 Å². The molecular formula is C13H16S. The van der Waals surface area contributed by atoms with Crippen LogP contribution in [0.1, 0.15) is 12.8 Å². The van der Waals surface area contributed by atoms with Gasteiger partial charge in [-0.25, -0.2) is 0 Å². The average Bonchev–Trinajstić information content (AvgIpc) is 2.25. The van der Waals surface area contributed by atoms with Gasteiger partial charge < -0.3 is 0 Å². The molecule has 0 spiro atoms. The molecule has 0 saturated carbocycles. The maximum Gasteiger partial charge on any atom is 0.0160 e. The highest BCUT2D eigenvalue weighted by Crippen LogP contribution is 2.16. The highest BCUT2D eigenvalue weighted by molar-refractivity contribution is 7.99. The van der Waals surface area contributed by atoms with E-state index in [1.54, 1.807) is 0 Å². The largest absolute Gasteiger partial charge is 0.122 e. The van der Waals surface area contributed by atoms with Crippen molar-refractivity contribution >= 4 is 11.8 Å². The lowest BCUT2D eigenvalue weighted by atomic mass is 10.3. The Morgan fingerprint density at radius 2 is 1.86 bits per heavy atom. The minimum atomic E-state index is 1.06. The number of benzene rings is 1. The summed E-state index contributed by atoms with van der Waals surface area (Å²) in [5.74, 6) is 1.06. The van der Waals surface area contributed by atoms with Crippen LogP contribution in [0.4, 0.5) is 0 Å². The standard InChI is InChI=1S/C13H16S/c1-2-3-4-5-9-12-14-13-10-7-6-8-11-13/h2,5-11H,1,3-4,12H2/b9-5+. The van der Waals surface area contributed by atoms with E-state index in [0.29, 0.717) is 0 Å². The zero-order valence-corrected chi connectivity index (χ0v) is 9.17. The molecular weight excluding hydrogens is 188 g/mol. The monoisotopic (exact) mass is 204 g/mol. The number of rotatable bonds is 6. The molecule has 0 saturated heterocycles. The Morgan fingerprint density at radius 3 is 2.57 bits per heavy atom. The van der Waals surface area contributed by atoms with Crippen molar-refractivity contribution in [2.75, 3.05) is 5.75 Å². The van der Waals surface area contributed by atoms with Gasteiger partial charge in [0.2, 0.25) is 0 Å². The van der Waals surface area contributed by atoms with E-state index in [9.17, 15) is 0 Å². The summed E-state index contributed by atoms with van der Waals surface area (Å²) in [6, 6.07) is 10.5. The first kappa shape index (κ1) is 11.1. The molecule has 1 aromatic rings. The molecule has 0 fully saturated rings. The molecule has 1 rings (SSSR count). The summed E-state index contributed by atoms with van der Waals surface area (Å²) in [4.78, 5) is 1.33. The first-order valence-electron chi connectivity index (χ1n) is 4.87. The fourth-order valence-corrected chi connectivity index (χ4v) is 1.84. The van der Waals surface area contributed by atoms with Gasteiger partial charge in [0, 0.05) is 10.6 Å². The zero-order valence-electron chi connectivity index (χ0n) is 8.36. The summed E-state index contributed by atoms with van der Waals surface area (Å²) in [6.07, 6.45) is 8.58. The van der Waals surface area contributed by atoms with Crippen LogP contribution in [0.3, 0.4) is 0 Å². The second-order valence-corrected chi connectivity index (χ2v) is 4.05. The third-order valence-electron chi connectivity index (χ3n) is 1.79. The van der Waals surface area contributed by atoms with Crippen LogP contribution in [0.25, 0.3) is 0 Å². The highest BCUT2D eigenvalue weighted by atomic mass is 32.2. The molecule has 0 aliphatic carbocycles. The third kappa shape index (κ3) is 4.93. The molecule has 0 unspecified atom stereocenters.